The fraction of sp³-hybridized carbons (Fsp3) is 0.261. The second-order valence-electron chi connectivity index (χ2n) is 6.75. The summed E-state index contributed by atoms with van der Waals surface area (Å²) in [5.74, 6) is 2.27. The van der Waals surface area contributed by atoms with Crippen LogP contribution in [-0.4, -0.2) is 48.3 Å². The van der Waals surface area contributed by atoms with Gasteiger partial charge in [0.15, 0.2) is 18.1 Å². The number of aryl methyl sites for hydroxylation is 1. The SMILES string of the molecule is C=CCN(Cc1nc(-c2ccc(OC)c(OC)c2)no1)C(=O)COc1cccc(C)c1. The van der Waals surface area contributed by atoms with E-state index in [4.69, 9.17) is 18.7 Å². The average molecular weight is 423 g/mol. The number of hydrogen-bond acceptors (Lipinski definition) is 7. The Balaban J connectivity index is 1.68. The van der Waals surface area contributed by atoms with E-state index in [1.807, 2.05) is 31.2 Å². The van der Waals surface area contributed by atoms with E-state index in [2.05, 4.69) is 16.7 Å². The fourth-order valence-electron chi connectivity index (χ4n) is 2.93. The standard InChI is InChI=1S/C23H25N3O5/c1-5-11-26(22(27)15-30-18-8-6-7-16(2)12-18)14-21-24-23(25-31-21)17-9-10-19(28-3)20(13-17)29-4/h5-10,12-13H,1,11,14-15H2,2-4H3. The maximum atomic E-state index is 12.7. The molecule has 0 spiro atoms. The fourth-order valence-corrected chi connectivity index (χ4v) is 2.93. The molecule has 0 saturated heterocycles. The van der Waals surface area contributed by atoms with Crippen molar-refractivity contribution in [3.8, 4) is 28.6 Å². The monoisotopic (exact) mass is 423 g/mol. The summed E-state index contributed by atoms with van der Waals surface area (Å²) in [7, 11) is 3.12. The van der Waals surface area contributed by atoms with Crippen LogP contribution in [0.4, 0.5) is 0 Å². The first kappa shape index (κ1) is 21.9. The van der Waals surface area contributed by atoms with Crippen molar-refractivity contribution in [1.82, 2.24) is 15.0 Å². The molecule has 1 heterocycles. The molecule has 2 aromatic carbocycles. The Bertz CT molecular complexity index is 1050. The Morgan fingerprint density at radius 2 is 1.97 bits per heavy atom. The number of nitrogens with zero attached hydrogens (tertiary/aromatic N) is 3. The third-order valence-corrected chi connectivity index (χ3v) is 4.49. The van der Waals surface area contributed by atoms with E-state index in [-0.39, 0.29) is 19.1 Å². The molecule has 0 bridgehead atoms. The lowest BCUT2D eigenvalue weighted by atomic mass is 10.2. The van der Waals surface area contributed by atoms with E-state index >= 15 is 0 Å². The highest BCUT2D eigenvalue weighted by atomic mass is 16.5. The van der Waals surface area contributed by atoms with Crippen LogP contribution >= 0.6 is 0 Å². The van der Waals surface area contributed by atoms with Crippen molar-refractivity contribution in [2.24, 2.45) is 0 Å². The number of carbonyl (C=O) groups excluding carboxylic acids is 1. The van der Waals surface area contributed by atoms with Gasteiger partial charge in [-0.25, -0.2) is 0 Å². The molecule has 31 heavy (non-hydrogen) atoms. The van der Waals surface area contributed by atoms with Crippen molar-refractivity contribution >= 4 is 5.91 Å². The number of methoxy groups -OCH3 is 2. The molecule has 1 aromatic heterocycles. The van der Waals surface area contributed by atoms with Crippen molar-refractivity contribution in [2.45, 2.75) is 13.5 Å². The van der Waals surface area contributed by atoms with Gasteiger partial charge in [-0.3, -0.25) is 4.79 Å². The lowest BCUT2D eigenvalue weighted by Crippen LogP contribution is -2.34. The largest absolute Gasteiger partial charge is 0.493 e. The number of rotatable bonds is 10. The molecule has 162 valence electrons. The first-order chi connectivity index (χ1) is 15.0. The molecular weight excluding hydrogens is 398 g/mol. The Morgan fingerprint density at radius 1 is 1.16 bits per heavy atom. The Kier molecular flexibility index (Phi) is 7.26. The minimum absolute atomic E-state index is 0.103. The molecule has 0 radical (unpaired) electrons. The summed E-state index contributed by atoms with van der Waals surface area (Å²) in [5.41, 5.74) is 1.76. The number of ether oxygens (including phenoxy) is 3. The quantitative estimate of drug-likeness (QED) is 0.460. The highest BCUT2D eigenvalue weighted by Crippen LogP contribution is 2.31. The molecule has 0 atom stereocenters. The van der Waals surface area contributed by atoms with Crippen LogP contribution in [0.25, 0.3) is 11.4 Å². The van der Waals surface area contributed by atoms with Gasteiger partial charge < -0.3 is 23.6 Å². The van der Waals surface area contributed by atoms with Crippen LogP contribution in [0, 0.1) is 6.92 Å². The number of aromatic nitrogens is 2. The van der Waals surface area contributed by atoms with Crippen LogP contribution in [0.5, 0.6) is 17.2 Å². The second-order valence-corrected chi connectivity index (χ2v) is 6.75. The molecule has 0 aliphatic rings. The summed E-state index contributed by atoms with van der Waals surface area (Å²) in [5, 5.41) is 4.02. The number of benzene rings is 2. The molecule has 0 aliphatic carbocycles. The first-order valence-corrected chi connectivity index (χ1v) is 9.67. The van der Waals surface area contributed by atoms with Gasteiger partial charge in [0.25, 0.3) is 5.91 Å². The molecule has 3 rings (SSSR count). The van der Waals surface area contributed by atoms with Crippen LogP contribution in [0.3, 0.4) is 0 Å². The topological polar surface area (TPSA) is 86.9 Å². The summed E-state index contributed by atoms with van der Waals surface area (Å²) >= 11 is 0. The van der Waals surface area contributed by atoms with E-state index in [1.54, 1.807) is 38.5 Å². The normalized spacial score (nSPS) is 10.4. The lowest BCUT2D eigenvalue weighted by Gasteiger charge is -2.19. The van der Waals surface area contributed by atoms with Gasteiger partial charge in [-0.1, -0.05) is 23.4 Å². The molecule has 0 saturated carbocycles. The van der Waals surface area contributed by atoms with Crippen molar-refractivity contribution < 1.29 is 23.5 Å². The Morgan fingerprint density at radius 3 is 2.68 bits per heavy atom. The van der Waals surface area contributed by atoms with Crippen molar-refractivity contribution in [3.63, 3.8) is 0 Å². The van der Waals surface area contributed by atoms with Gasteiger partial charge in [-0.2, -0.15) is 4.98 Å². The summed E-state index contributed by atoms with van der Waals surface area (Å²) in [6, 6.07) is 12.9. The van der Waals surface area contributed by atoms with E-state index in [0.717, 1.165) is 5.56 Å². The number of amides is 1. The summed E-state index contributed by atoms with van der Waals surface area (Å²) in [4.78, 5) is 18.6. The van der Waals surface area contributed by atoms with Crippen molar-refractivity contribution in [2.75, 3.05) is 27.4 Å². The predicted octanol–water partition coefficient (Wildman–Crippen LogP) is 3.66. The number of carbonyl (C=O) groups is 1. The Labute approximate surface area is 181 Å². The molecule has 0 N–H and O–H groups in total. The van der Waals surface area contributed by atoms with Crippen LogP contribution in [0.1, 0.15) is 11.5 Å². The minimum atomic E-state index is -0.215. The number of hydrogen-bond donors (Lipinski definition) is 0. The minimum Gasteiger partial charge on any atom is -0.493 e. The van der Waals surface area contributed by atoms with Gasteiger partial charge in [0, 0.05) is 12.1 Å². The molecule has 8 heteroatoms. The van der Waals surface area contributed by atoms with Gasteiger partial charge in [0.1, 0.15) is 12.3 Å². The van der Waals surface area contributed by atoms with Gasteiger partial charge in [0.05, 0.1) is 14.2 Å². The first-order valence-electron chi connectivity index (χ1n) is 9.67. The molecular formula is C23H25N3O5. The van der Waals surface area contributed by atoms with Gasteiger partial charge in [0.2, 0.25) is 11.7 Å². The maximum absolute atomic E-state index is 12.7. The van der Waals surface area contributed by atoms with E-state index in [1.165, 1.54) is 4.90 Å². The third-order valence-electron chi connectivity index (χ3n) is 4.49. The summed E-state index contributed by atoms with van der Waals surface area (Å²) in [6.45, 7) is 6.04. The molecule has 0 aliphatic heterocycles. The summed E-state index contributed by atoms with van der Waals surface area (Å²) in [6.07, 6.45) is 1.64. The molecule has 0 unspecified atom stereocenters. The van der Waals surface area contributed by atoms with Crippen LogP contribution < -0.4 is 14.2 Å². The maximum Gasteiger partial charge on any atom is 0.261 e. The average Bonchev–Trinajstić information content (AvgIpc) is 3.25. The second kappa shape index (κ2) is 10.3. The highest BCUT2D eigenvalue weighted by molar-refractivity contribution is 5.77. The molecule has 8 nitrogen and oxygen atoms in total. The van der Waals surface area contributed by atoms with Crippen LogP contribution in [0.2, 0.25) is 0 Å². The van der Waals surface area contributed by atoms with E-state index < -0.39 is 0 Å². The predicted molar refractivity (Wildman–Crippen MR) is 115 cm³/mol. The zero-order chi connectivity index (χ0) is 22.2. The van der Waals surface area contributed by atoms with Crippen LogP contribution in [-0.2, 0) is 11.3 Å². The van der Waals surface area contributed by atoms with Crippen LogP contribution in [0.15, 0.2) is 59.6 Å². The highest BCUT2D eigenvalue weighted by Gasteiger charge is 2.18. The molecule has 1 amide bonds. The third kappa shape index (κ3) is 5.63. The molecule has 0 fully saturated rings. The van der Waals surface area contributed by atoms with Gasteiger partial charge in [-0.15, -0.1) is 6.58 Å². The lowest BCUT2D eigenvalue weighted by molar-refractivity contribution is -0.133. The van der Waals surface area contributed by atoms with Crippen molar-refractivity contribution in [1.29, 1.82) is 0 Å². The Hall–Kier alpha value is -3.81. The zero-order valence-electron chi connectivity index (χ0n) is 17.8. The van der Waals surface area contributed by atoms with Crippen molar-refractivity contribution in [3.05, 3.63) is 66.6 Å². The van der Waals surface area contributed by atoms with Gasteiger partial charge in [-0.05, 0) is 42.8 Å². The van der Waals surface area contributed by atoms with Gasteiger partial charge >= 0.3 is 0 Å². The zero-order valence-corrected chi connectivity index (χ0v) is 17.8. The van der Waals surface area contributed by atoms with E-state index in [9.17, 15) is 4.79 Å². The van der Waals surface area contributed by atoms with E-state index in [0.29, 0.717) is 41.1 Å². The smallest absolute Gasteiger partial charge is 0.261 e. The summed E-state index contributed by atoms with van der Waals surface area (Å²) < 4.78 is 21.5. The molecule has 3 aromatic rings.